The number of rotatable bonds is 5. The van der Waals surface area contributed by atoms with Gasteiger partial charge in [0, 0.05) is 35.8 Å². The molecule has 1 aliphatic carbocycles. The first-order valence-electron chi connectivity index (χ1n) is 11.1. The highest BCUT2D eigenvalue weighted by Crippen LogP contribution is 2.36. The molecule has 0 bridgehead atoms. The number of piperidine rings is 1. The van der Waals surface area contributed by atoms with Crippen LogP contribution in [0.3, 0.4) is 0 Å². The number of amides is 2. The van der Waals surface area contributed by atoms with Crippen molar-refractivity contribution in [3.63, 3.8) is 0 Å². The molecule has 2 amide bonds. The molecule has 0 atom stereocenters. The zero-order chi connectivity index (χ0) is 22.1. The van der Waals surface area contributed by atoms with Crippen molar-refractivity contribution >= 4 is 17.5 Å². The van der Waals surface area contributed by atoms with Gasteiger partial charge in [-0.15, -0.1) is 5.10 Å². The molecule has 0 radical (unpaired) electrons. The molecule has 32 heavy (non-hydrogen) atoms. The van der Waals surface area contributed by atoms with Gasteiger partial charge in [-0.3, -0.25) is 9.59 Å². The second-order valence-electron chi connectivity index (χ2n) is 8.63. The lowest BCUT2D eigenvalue weighted by Crippen LogP contribution is -2.41. The van der Waals surface area contributed by atoms with Crippen molar-refractivity contribution in [1.29, 1.82) is 0 Å². The number of likely N-dealkylation sites (tertiary alicyclic amines) is 1. The van der Waals surface area contributed by atoms with Crippen LogP contribution in [0.1, 0.15) is 47.6 Å². The molecule has 164 valence electrons. The van der Waals surface area contributed by atoms with E-state index >= 15 is 0 Å². The van der Waals surface area contributed by atoms with Gasteiger partial charge in [-0.2, -0.15) is 0 Å². The Labute approximate surface area is 186 Å². The van der Waals surface area contributed by atoms with Crippen molar-refractivity contribution < 1.29 is 9.59 Å². The van der Waals surface area contributed by atoms with Gasteiger partial charge >= 0.3 is 0 Å². The normalized spacial score (nSPS) is 16.7. The molecule has 1 saturated carbocycles. The number of benzene rings is 2. The molecule has 8 nitrogen and oxygen atoms in total. The van der Waals surface area contributed by atoms with Gasteiger partial charge in [-0.25, -0.2) is 4.68 Å². The number of hydrogen-bond donors (Lipinski definition) is 1. The Hall–Kier alpha value is -3.55. The molecule has 1 N–H and O–H groups in total. The van der Waals surface area contributed by atoms with Crippen LogP contribution in [0, 0.1) is 12.8 Å². The lowest BCUT2D eigenvalue weighted by atomic mass is 9.95. The zero-order valence-electron chi connectivity index (χ0n) is 18.1. The van der Waals surface area contributed by atoms with Crippen molar-refractivity contribution in [2.75, 3.05) is 18.4 Å². The average molecular weight is 431 g/mol. The number of aromatic nitrogens is 4. The number of nitrogens with one attached hydrogen (secondary N) is 1. The van der Waals surface area contributed by atoms with E-state index in [1.54, 1.807) is 0 Å². The van der Waals surface area contributed by atoms with Crippen molar-refractivity contribution in [3.8, 4) is 11.4 Å². The number of aryl methyl sites for hydroxylation is 1. The summed E-state index contributed by atoms with van der Waals surface area (Å²) in [4.78, 5) is 27.6. The maximum atomic E-state index is 12.9. The summed E-state index contributed by atoms with van der Waals surface area (Å²) in [7, 11) is 0. The molecule has 1 aromatic heterocycles. The number of tetrazole rings is 1. The van der Waals surface area contributed by atoms with E-state index in [4.69, 9.17) is 0 Å². The molecule has 2 heterocycles. The molecule has 2 fully saturated rings. The van der Waals surface area contributed by atoms with Gasteiger partial charge in [-0.05, 0) is 66.8 Å². The lowest BCUT2D eigenvalue weighted by molar-refractivity contribution is -0.121. The van der Waals surface area contributed by atoms with E-state index < -0.39 is 0 Å². The van der Waals surface area contributed by atoms with E-state index in [2.05, 4.69) is 20.8 Å². The fourth-order valence-electron chi connectivity index (χ4n) is 4.26. The molecule has 8 heteroatoms. The Morgan fingerprint density at radius 3 is 2.53 bits per heavy atom. The van der Waals surface area contributed by atoms with E-state index in [-0.39, 0.29) is 17.7 Å². The van der Waals surface area contributed by atoms with Crippen LogP contribution < -0.4 is 5.32 Å². The highest BCUT2D eigenvalue weighted by atomic mass is 16.2. The summed E-state index contributed by atoms with van der Waals surface area (Å²) >= 11 is 0. The van der Waals surface area contributed by atoms with Gasteiger partial charge in [0.2, 0.25) is 5.91 Å². The molecule has 5 rings (SSSR count). The first-order valence-corrected chi connectivity index (χ1v) is 11.1. The summed E-state index contributed by atoms with van der Waals surface area (Å²) in [5.41, 5.74) is 3.33. The van der Waals surface area contributed by atoms with Crippen LogP contribution in [0.25, 0.3) is 11.4 Å². The van der Waals surface area contributed by atoms with Crippen molar-refractivity contribution in [2.45, 2.75) is 38.6 Å². The van der Waals surface area contributed by atoms with Gasteiger partial charge < -0.3 is 10.2 Å². The highest BCUT2D eigenvalue weighted by Gasteiger charge is 2.29. The Balaban J connectivity index is 1.21. The standard InChI is InChI=1S/C24H26N6O2/c1-16-5-2-3-8-21(16)24(32)29-13-11-17(12-14-29)23(31)25-19-7-4-6-18(15-19)22-26-27-28-30(22)20-9-10-20/h2-8,15,17,20H,9-14H2,1H3,(H,25,31). The second-order valence-corrected chi connectivity index (χ2v) is 8.63. The Kier molecular flexibility index (Phi) is 5.43. The number of carbonyl (C=O) groups is 2. The van der Waals surface area contributed by atoms with Crippen LogP contribution in [-0.4, -0.2) is 50.0 Å². The Morgan fingerprint density at radius 1 is 1.00 bits per heavy atom. The van der Waals surface area contributed by atoms with Gasteiger partial charge in [0.15, 0.2) is 5.82 Å². The topological polar surface area (TPSA) is 93.0 Å². The van der Waals surface area contributed by atoms with Gasteiger partial charge in [0.05, 0.1) is 6.04 Å². The second kappa shape index (κ2) is 8.53. The molecule has 1 saturated heterocycles. The third-order valence-corrected chi connectivity index (χ3v) is 6.30. The largest absolute Gasteiger partial charge is 0.339 e. The summed E-state index contributed by atoms with van der Waals surface area (Å²) < 4.78 is 1.86. The van der Waals surface area contributed by atoms with Crippen LogP contribution in [0.5, 0.6) is 0 Å². The van der Waals surface area contributed by atoms with Crippen molar-refractivity contribution in [1.82, 2.24) is 25.1 Å². The Morgan fingerprint density at radius 2 is 1.78 bits per heavy atom. The molecule has 3 aromatic rings. The number of hydrogen-bond acceptors (Lipinski definition) is 5. The van der Waals surface area contributed by atoms with E-state index in [9.17, 15) is 9.59 Å². The molecule has 0 unspecified atom stereocenters. The highest BCUT2D eigenvalue weighted by molar-refractivity contribution is 5.96. The molecule has 2 aromatic carbocycles. The monoisotopic (exact) mass is 430 g/mol. The van der Waals surface area contributed by atoms with Crippen LogP contribution in [-0.2, 0) is 4.79 Å². The van der Waals surface area contributed by atoms with Gasteiger partial charge in [0.25, 0.3) is 5.91 Å². The first kappa shape index (κ1) is 20.4. The van der Waals surface area contributed by atoms with E-state index in [1.165, 1.54) is 0 Å². The third kappa shape index (κ3) is 4.12. The predicted octanol–water partition coefficient (Wildman–Crippen LogP) is 3.47. The van der Waals surface area contributed by atoms with Crippen LogP contribution in [0.4, 0.5) is 5.69 Å². The van der Waals surface area contributed by atoms with E-state index in [0.29, 0.717) is 32.0 Å². The summed E-state index contributed by atoms with van der Waals surface area (Å²) in [5.74, 6) is 0.651. The number of anilines is 1. The van der Waals surface area contributed by atoms with E-state index in [0.717, 1.165) is 41.0 Å². The van der Waals surface area contributed by atoms with Crippen LogP contribution >= 0.6 is 0 Å². The zero-order valence-corrected chi connectivity index (χ0v) is 18.1. The molecule has 0 spiro atoms. The van der Waals surface area contributed by atoms with Crippen LogP contribution in [0.2, 0.25) is 0 Å². The van der Waals surface area contributed by atoms with E-state index in [1.807, 2.05) is 65.0 Å². The summed E-state index contributed by atoms with van der Waals surface area (Å²) in [6, 6.07) is 15.7. The minimum atomic E-state index is -0.114. The minimum absolute atomic E-state index is 0.00748. The first-order chi connectivity index (χ1) is 15.6. The lowest BCUT2D eigenvalue weighted by Gasteiger charge is -2.31. The third-order valence-electron chi connectivity index (χ3n) is 6.30. The number of nitrogens with zero attached hydrogens (tertiary/aromatic N) is 5. The fraction of sp³-hybridized carbons (Fsp3) is 0.375. The summed E-state index contributed by atoms with van der Waals surface area (Å²) in [6.07, 6.45) is 3.51. The predicted molar refractivity (Wildman–Crippen MR) is 120 cm³/mol. The molecule has 1 aliphatic heterocycles. The van der Waals surface area contributed by atoms with Gasteiger partial charge in [-0.1, -0.05) is 30.3 Å². The number of carbonyl (C=O) groups excluding carboxylic acids is 2. The van der Waals surface area contributed by atoms with Gasteiger partial charge in [0.1, 0.15) is 0 Å². The minimum Gasteiger partial charge on any atom is -0.339 e. The molecular formula is C24H26N6O2. The average Bonchev–Trinajstić information content (AvgIpc) is 3.55. The maximum Gasteiger partial charge on any atom is 0.254 e. The Bertz CT molecular complexity index is 1140. The molecule has 2 aliphatic rings. The fourth-order valence-corrected chi connectivity index (χ4v) is 4.26. The summed E-state index contributed by atoms with van der Waals surface area (Å²) in [6.45, 7) is 3.12. The van der Waals surface area contributed by atoms with Crippen molar-refractivity contribution in [3.05, 3.63) is 59.7 Å². The quantitative estimate of drug-likeness (QED) is 0.669. The van der Waals surface area contributed by atoms with Crippen molar-refractivity contribution in [2.24, 2.45) is 5.92 Å². The SMILES string of the molecule is Cc1ccccc1C(=O)N1CCC(C(=O)Nc2cccc(-c3nnnn3C3CC3)c2)CC1. The molecular weight excluding hydrogens is 404 g/mol. The maximum absolute atomic E-state index is 12.9. The summed E-state index contributed by atoms with van der Waals surface area (Å²) in [5, 5.41) is 15.1. The smallest absolute Gasteiger partial charge is 0.254 e. The van der Waals surface area contributed by atoms with Crippen LogP contribution in [0.15, 0.2) is 48.5 Å².